The normalized spacial score (nSPS) is 11.3. The Hall–Kier alpha value is -2.62. The molecule has 2 aromatic carbocycles. The maximum absolute atomic E-state index is 12.6. The van der Waals surface area contributed by atoms with Crippen molar-refractivity contribution in [1.29, 1.82) is 0 Å². The van der Waals surface area contributed by atoms with Crippen LogP contribution in [-0.2, 0) is 9.59 Å². The number of nitrogens with one attached hydrogen (secondary N) is 2. The minimum atomic E-state index is -1.20. The number of carbonyl (C=O) groups is 2. The van der Waals surface area contributed by atoms with E-state index in [4.69, 9.17) is 0 Å². The SMILES string of the molecule is Cc1ccccc1NC(=O)C(C)(C)C(=O)Nc1ccc(C(C)C)cc1. The second kappa shape index (κ2) is 7.51. The molecule has 0 saturated heterocycles. The van der Waals surface area contributed by atoms with Crippen LogP contribution in [0.3, 0.4) is 0 Å². The van der Waals surface area contributed by atoms with Crippen molar-refractivity contribution >= 4 is 23.2 Å². The fourth-order valence-electron chi connectivity index (χ4n) is 2.33. The minimum Gasteiger partial charge on any atom is -0.325 e. The van der Waals surface area contributed by atoms with Gasteiger partial charge in [0.05, 0.1) is 0 Å². The van der Waals surface area contributed by atoms with Gasteiger partial charge in [0.2, 0.25) is 11.8 Å². The van der Waals surface area contributed by atoms with Crippen LogP contribution in [0, 0.1) is 12.3 Å². The monoisotopic (exact) mass is 338 g/mol. The van der Waals surface area contributed by atoms with Crippen molar-refractivity contribution in [3.63, 3.8) is 0 Å². The number of aryl methyl sites for hydroxylation is 1. The lowest BCUT2D eigenvalue weighted by molar-refractivity contribution is -0.135. The Morgan fingerprint density at radius 3 is 2.00 bits per heavy atom. The van der Waals surface area contributed by atoms with E-state index in [2.05, 4.69) is 24.5 Å². The molecule has 2 aromatic rings. The molecular weight excluding hydrogens is 312 g/mol. The topological polar surface area (TPSA) is 58.2 Å². The van der Waals surface area contributed by atoms with E-state index in [1.165, 1.54) is 5.56 Å². The molecule has 0 fully saturated rings. The third-order valence-corrected chi connectivity index (χ3v) is 4.36. The Morgan fingerprint density at radius 1 is 0.880 bits per heavy atom. The highest BCUT2D eigenvalue weighted by atomic mass is 16.2. The quantitative estimate of drug-likeness (QED) is 0.775. The van der Waals surface area contributed by atoms with Crippen LogP contribution in [0.25, 0.3) is 0 Å². The lowest BCUT2D eigenvalue weighted by atomic mass is 9.90. The number of anilines is 2. The molecule has 0 radical (unpaired) electrons. The standard InChI is InChI=1S/C21H26N2O2/c1-14(2)16-10-12-17(13-11-16)22-19(24)21(4,5)20(25)23-18-9-7-6-8-15(18)3/h6-14H,1-5H3,(H,22,24)(H,23,25). The van der Waals surface area contributed by atoms with Crippen molar-refractivity contribution in [1.82, 2.24) is 0 Å². The second-order valence-corrected chi connectivity index (χ2v) is 7.12. The van der Waals surface area contributed by atoms with E-state index in [0.29, 0.717) is 11.6 Å². The Morgan fingerprint density at radius 2 is 1.44 bits per heavy atom. The smallest absolute Gasteiger partial charge is 0.239 e. The van der Waals surface area contributed by atoms with Gasteiger partial charge in [-0.3, -0.25) is 9.59 Å². The zero-order chi connectivity index (χ0) is 18.6. The lowest BCUT2D eigenvalue weighted by Crippen LogP contribution is -2.41. The molecular formula is C21H26N2O2. The van der Waals surface area contributed by atoms with E-state index in [1.807, 2.05) is 55.5 Å². The first kappa shape index (κ1) is 18.7. The van der Waals surface area contributed by atoms with Gasteiger partial charge in [-0.05, 0) is 56.0 Å². The van der Waals surface area contributed by atoms with Gasteiger partial charge in [0.15, 0.2) is 0 Å². The average molecular weight is 338 g/mol. The molecule has 0 aliphatic rings. The Kier molecular flexibility index (Phi) is 5.62. The van der Waals surface area contributed by atoms with Crippen LogP contribution in [0.4, 0.5) is 11.4 Å². The number of amides is 2. The summed E-state index contributed by atoms with van der Waals surface area (Å²) in [6.07, 6.45) is 0. The predicted molar refractivity (Wildman–Crippen MR) is 103 cm³/mol. The van der Waals surface area contributed by atoms with E-state index in [0.717, 1.165) is 11.3 Å². The van der Waals surface area contributed by atoms with E-state index >= 15 is 0 Å². The Labute approximate surface area is 149 Å². The summed E-state index contributed by atoms with van der Waals surface area (Å²) in [5, 5.41) is 5.67. The molecule has 2 N–H and O–H groups in total. The molecule has 25 heavy (non-hydrogen) atoms. The first-order valence-corrected chi connectivity index (χ1v) is 8.50. The van der Waals surface area contributed by atoms with Crippen molar-refractivity contribution in [3.8, 4) is 0 Å². The number of benzene rings is 2. The molecule has 0 aliphatic heterocycles. The third-order valence-electron chi connectivity index (χ3n) is 4.36. The van der Waals surface area contributed by atoms with Gasteiger partial charge in [-0.15, -0.1) is 0 Å². The van der Waals surface area contributed by atoms with Gasteiger partial charge in [-0.1, -0.05) is 44.2 Å². The number of rotatable bonds is 5. The van der Waals surface area contributed by atoms with Gasteiger partial charge in [0.1, 0.15) is 5.41 Å². The highest BCUT2D eigenvalue weighted by molar-refractivity contribution is 6.14. The van der Waals surface area contributed by atoms with Gasteiger partial charge in [-0.25, -0.2) is 0 Å². The minimum absolute atomic E-state index is 0.335. The number of hydrogen-bond donors (Lipinski definition) is 2. The van der Waals surface area contributed by atoms with Gasteiger partial charge in [0.25, 0.3) is 0 Å². The molecule has 0 saturated carbocycles. The van der Waals surface area contributed by atoms with Crippen LogP contribution < -0.4 is 10.6 Å². The van der Waals surface area contributed by atoms with Gasteiger partial charge < -0.3 is 10.6 Å². The fraction of sp³-hybridized carbons (Fsp3) is 0.333. The number of para-hydroxylation sites is 1. The number of carbonyl (C=O) groups excluding carboxylic acids is 2. The first-order chi connectivity index (χ1) is 11.7. The Bertz CT molecular complexity index is 762. The summed E-state index contributed by atoms with van der Waals surface area (Å²) in [5.41, 5.74) is 2.37. The van der Waals surface area contributed by atoms with Crippen molar-refractivity contribution in [2.45, 2.75) is 40.5 Å². The summed E-state index contributed by atoms with van der Waals surface area (Å²) in [7, 11) is 0. The van der Waals surface area contributed by atoms with E-state index < -0.39 is 5.41 Å². The predicted octanol–water partition coefficient (Wildman–Crippen LogP) is 4.72. The van der Waals surface area contributed by atoms with Gasteiger partial charge >= 0.3 is 0 Å². The highest BCUT2D eigenvalue weighted by Crippen LogP contribution is 2.24. The van der Waals surface area contributed by atoms with E-state index in [-0.39, 0.29) is 11.8 Å². The van der Waals surface area contributed by atoms with Crippen LogP contribution >= 0.6 is 0 Å². The Balaban J connectivity index is 2.08. The third kappa shape index (κ3) is 4.47. The maximum atomic E-state index is 12.6. The van der Waals surface area contributed by atoms with Crippen molar-refractivity contribution in [2.75, 3.05) is 10.6 Å². The zero-order valence-corrected chi connectivity index (χ0v) is 15.5. The van der Waals surface area contributed by atoms with Crippen LogP contribution in [-0.4, -0.2) is 11.8 Å². The van der Waals surface area contributed by atoms with E-state index in [1.54, 1.807) is 13.8 Å². The summed E-state index contributed by atoms with van der Waals surface area (Å²) in [6.45, 7) is 9.40. The summed E-state index contributed by atoms with van der Waals surface area (Å²) < 4.78 is 0. The van der Waals surface area contributed by atoms with Crippen LogP contribution in [0.15, 0.2) is 48.5 Å². The number of hydrogen-bond acceptors (Lipinski definition) is 2. The van der Waals surface area contributed by atoms with Gasteiger partial charge in [0, 0.05) is 11.4 Å². The maximum Gasteiger partial charge on any atom is 0.239 e. The molecule has 2 rings (SSSR count). The summed E-state index contributed by atoms with van der Waals surface area (Å²) in [6, 6.07) is 15.2. The molecule has 2 amide bonds. The molecule has 0 aliphatic carbocycles. The molecule has 0 atom stereocenters. The molecule has 4 heteroatoms. The van der Waals surface area contributed by atoms with E-state index in [9.17, 15) is 9.59 Å². The molecule has 4 nitrogen and oxygen atoms in total. The fourth-order valence-corrected chi connectivity index (χ4v) is 2.33. The molecule has 0 unspecified atom stereocenters. The van der Waals surface area contributed by atoms with Gasteiger partial charge in [-0.2, -0.15) is 0 Å². The summed E-state index contributed by atoms with van der Waals surface area (Å²) in [4.78, 5) is 25.2. The van der Waals surface area contributed by atoms with Crippen LogP contribution in [0.1, 0.15) is 44.7 Å². The zero-order valence-electron chi connectivity index (χ0n) is 15.5. The molecule has 0 bridgehead atoms. The molecule has 0 spiro atoms. The van der Waals surface area contributed by atoms with Crippen LogP contribution in [0.2, 0.25) is 0 Å². The molecule has 0 heterocycles. The second-order valence-electron chi connectivity index (χ2n) is 7.12. The van der Waals surface area contributed by atoms with Crippen molar-refractivity contribution in [2.24, 2.45) is 5.41 Å². The van der Waals surface area contributed by atoms with Crippen molar-refractivity contribution in [3.05, 3.63) is 59.7 Å². The molecule has 132 valence electrons. The average Bonchev–Trinajstić information content (AvgIpc) is 2.57. The summed E-state index contributed by atoms with van der Waals surface area (Å²) >= 11 is 0. The highest BCUT2D eigenvalue weighted by Gasteiger charge is 2.36. The first-order valence-electron chi connectivity index (χ1n) is 8.50. The largest absolute Gasteiger partial charge is 0.325 e. The lowest BCUT2D eigenvalue weighted by Gasteiger charge is -2.23. The summed E-state index contributed by atoms with van der Waals surface area (Å²) in [5.74, 6) is -0.241. The van der Waals surface area contributed by atoms with Crippen LogP contribution in [0.5, 0.6) is 0 Å². The molecule has 0 aromatic heterocycles. The van der Waals surface area contributed by atoms with Crippen molar-refractivity contribution < 1.29 is 9.59 Å².